The lowest BCUT2D eigenvalue weighted by molar-refractivity contribution is 0.0949. The average molecular weight is 273 g/mol. The predicted molar refractivity (Wildman–Crippen MR) is 70.1 cm³/mol. The summed E-state index contributed by atoms with van der Waals surface area (Å²) in [5.41, 5.74) is 0.481. The van der Waals surface area contributed by atoms with E-state index in [1.54, 1.807) is 12.4 Å². The monoisotopic (exact) mass is 273 g/mol. The largest absolute Gasteiger partial charge is 0.384 e. The van der Waals surface area contributed by atoms with Crippen LogP contribution in [-0.2, 0) is 6.54 Å². The number of imidazole rings is 1. The summed E-state index contributed by atoms with van der Waals surface area (Å²) >= 11 is 0. The molecule has 1 aromatic heterocycles. The zero-order valence-corrected chi connectivity index (χ0v) is 10.5. The van der Waals surface area contributed by atoms with Crippen molar-refractivity contribution >= 4 is 5.91 Å². The smallest absolute Gasteiger partial charge is 0.252 e. The molecule has 6 heteroatoms. The van der Waals surface area contributed by atoms with Crippen LogP contribution in [0.5, 0.6) is 0 Å². The average Bonchev–Trinajstić information content (AvgIpc) is 2.96. The Bertz CT molecular complexity index is 657. The molecule has 0 atom stereocenters. The van der Waals surface area contributed by atoms with Crippen LogP contribution in [0.15, 0.2) is 30.6 Å². The Morgan fingerprint density at radius 2 is 2.35 bits per heavy atom. The highest BCUT2D eigenvalue weighted by Gasteiger charge is 2.11. The number of aliphatic hydroxyl groups is 1. The summed E-state index contributed by atoms with van der Waals surface area (Å²) in [5, 5.41) is 11.3. The highest BCUT2D eigenvalue weighted by molar-refractivity contribution is 5.96. The zero-order chi connectivity index (χ0) is 14.4. The van der Waals surface area contributed by atoms with Gasteiger partial charge in [-0.2, -0.15) is 0 Å². The van der Waals surface area contributed by atoms with Crippen molar-refractivity contribution in [1.29, 1.82) is 0 Å². The van der Waals surface area contributed by atoms with Gasteiger partial charge in [0.05, 0.1) is 12.1 Å². The van der Waals surface area contributed by atoms with Crippen molar-refractivity contribution in [3.8, 4) is 11.8 Å². The van der Waals surface area contributed by atoms with Gasteiger partial charge in [0.2, 0.25) is 0 Å². The van der Waals surface area contributed by atoms with Gasteiger partial charge < -0.3 is 15.4 Å². The number of benzene rings is 1. The number of nitrogens with one attached hydrogen (secondary N) is 2. The van der Waals surface area contributed by atoms with Gasteiger partial charge in [0.25, 0.3) is 5.91 Å². The minimum atomic E-state index is -0.491. The van der Waals surface area contributed by atoms with Crippen molar-refractivity contribution in [2.45, 2.75) is 6.54 Å². The van der Waals surface area contributed by atoms with Gasteiger partial charge in [-0.15, -0.1) is 0 Å². The van der Waals surface area contributed by atoms with Crippen LogP contribution in [0.25, 0.3) is 0 Å². The van der Waals surface area contributed by atoms with Crippen molar-refractivity contribution in [2.24, 2.45) is 0 Å². The number of hydrogen-bond donors (Lipinski definition) is 3. The summed E-state index contributed by atoms with van der Waals surface area (Å²) in [7, 11) is 0. The molecule has 5 nitrogen and oxygen atoms in total. The lowest BCUT2D eigenvalue weighted by Crippen LogP contribution is -2.24. The minimum Gasteiger partial charge on any atom is -0.384 e. The minimum absolute atomic E-state index is 0.232. The molecule has 3 N–H and O–H groups in total. The second-order valence-corrected chi connectivity index (χ2v) is 3.87. The molecule has 0 fully saturated rings. The van der Waals surface area contributed by atoms with Gasteiger partial charge in [-0.1, -0.05) is 11.8 Å². The third kappa shape index (κ3) is 3.43. The van der Waals surface area contributed by atoms with E-state index in [1.807, 2.05) is 0 Å². The van der Waals surface area contributed by atoms with Gasteiger partial charge in [-0.3, -0.25) is 4.79 Å². The summed E-state index contributed by atoms with van der Waals surface area (Å²) in [4.78, 5) is 18.9. The maximum absolute atomic E-state index is 13.2. The maximum atomic E-state index is 13.2. The first-order valence-electron chi connectivity index (χ1n) is 5.86. The fourth-order valence-corrected chi connectivity index (χ4v) is 1.61. The quantitative estimate of drug-likeness (QED) is 0.725. The van der Waals surface area contributed by atoms with Crippen LogP contribution in [0, 0.1) is 17.7 Å². The van der Waals surface area contributed by atoms with E-state index in [0.29, 0.717) is 5.82 Å². The third-order valence-corrected chi connectivity index (χ3v) is 2.50. The first kappa shape index (κ1) is 13.8. The van der Waals surface area contributed by atoms with E-state index in [-0.39, 0.29) is 30.2 Å². The molecule has 0 unspecified atom stereocenters. The number of carbonyl (C=O) groups excluding carboxylic acids is 1. The standard InChI is InChI=1S/C14H12FN3O2/c15-11-3-4-12(10(8-11)2-1-7-19)14(20)18-9-13-16-5-6-17-13/h3-6,8,19H,7,9H2,(H,16,17)(H,18,20). The van der Waals surface area contributed by atoms with E-state index in [2.05, 4.69) is 27.1 Å². The van der Waals surface area contributed by atoms with Gasteiger partial charge in [0.15, 0.2) is 0 Å². The molecule has 2 aromatic rings. The first-order valence-corrected chi connectivity index (χ1v) is 5.86. The van der Waals surface area contributed by atoms with Crippen molar-refractivity contribution in [1.82, 2.24) is 15.3 Å². The fraction of sp³-hybridized carbons (Fsp3) is 0.143. The molecule has 1 amide bonds. The number of amides is 1. The van der Waals surface area contributed by atoms with Crippen LogP contribution < -0.4 is 5.32 Å². The summed E-state index contributed by atoms with van der Waals surface area (Å²) in [6.07, 6.45) is 3.23. The van der Waals surface area contributed by atoms with Crippen LogP contribution in [0.3, 0.4) is 0 Å². The van der Waals surface area contributed by atoms with Gasteiger partial charge in [0.1, 0.15) is 18.2 Å². The van der Waals surface area contributed by atoms with E-state index in [1.165, 1.54) is 12.1 Å². The second-order valence-electron chi connectivity index (χ2n) is 3.87. The van der Waals surface area contributed by atoms with E-state index in [4.69, 9.17) is 5.11 Å². The Hall–Kier alpha value is -2.65. The van der Waals surface area contributed by atoms with Gasteiger partial charge in [-0.05, 0) is 18.2 Å². The Labute approximate surface area is 114 Å². The molecule has 0 saturated carbocycles. The number of carbonyl (C=O) groups is 1. The van der Waals surface area contributed by atoms with Gasteiger partial charge >= 0.3 is 0 Å². The molecular formula is C14H12FN3O2. The number of nitrogens with zero attached hydrogens (tertiary/aromatic N) is 1. The second kappa shape index (κ2) is 6.50. The van der Waals surface area contributed by atoms with Crippen LogP contribution in [0.4, 0.5) is 4.39 Å². The predicted octanol–water partition coefficient (Wildman–Crippen LogP) is 0.823. The van der Waals surface area contributed by atoms with Crippen molar-refractivity contribution in [3.05, 3.63) is 53.4 Å². The Balaban J connectivity index is 2.16. The molecule has 1 aromatic carbocycles. The Morgan fingerprint density at radius 3 is 3.05 bits per heavy atom. The number of halogens is 1. The summed E-state index contributed by atoms with van der Waals surface area (Å²) in [6, 6.07) is 3.70. The molecule has 0 bridgehead atoms. The number of aromatic nitrogens is 2. The summed E-state index contributed by atoms with van der Waals surface area (Å²) < 4.78 is 13.2. The first-order chi connectivity index (χ1) is 9.70. The van der Waals surface area contributed by atoms with Crippen molar-refractivity contribution in [3.63, 3.8) is 0 Å². The SMILES string of the molecule is O=C(NCc1ncc[nH]1)c1ccc(F)cc1C#CCO. The maximum Gasteiger partial charge on any atom is 0.252 e. The third-order valence-electron chi connectivity index (χ3n) is 2.50. The molecule has 0 aliphatic heterocycles. The molecule has 0 spiro atoms. The highest BCUT2D eigenvalue weighted by Crippen LogP contribution is 2.10. The topological polar surface area (TPSA) is 78.0 Å². The van der Waals surface area contributed by atoms with E-state index in [0.717, 1.165) is 6.07 Å². The number of hydrogen-bond acceptors (Lipinski definition) is 3. The molecule has 2 rings (SSSR count). The Morgan fingerprint density at radius 1 is 1.50 bits per heavy atom. The number of H-pyrrole nitrogens is 1. The summed E-state index contributed by atoms with van der Waals surface area (Å²) in [5.74, 6) is 4.69. The molecule has 1 heterocycles. The van der Waals surface area contributed by atoms with Crippen LogP contribution in [-0.4, -0.2) is 27.6 Å². The Kier molecular flexibility index (Phi) is 4.47. The molecule has 0 saturated heterocycles. The number of rotatable bonds is 3. The van der Waals surface area contributed by atoms with Crippen LogP contribution in [0.2, 0.25) is 0 Å². The number of aromatic amines is 1. The summed E-state index contributed by atoms with van der Waals surface area (Å²) in [6.45, 7) is -0.125. The normalized spacial score (nSPS) is 9.70. The lowest BCUT2D eigenvalue weighted by Gasteiger charge is -2.06. The zero-order valence-electron chi connectivity index (χ0n) is 10.5. The molecule has 0 aliphatic carbocycles. The van der Waals surface area contributed by atoms with Crippen LogP contribution in [0.1, 0.15) is 21.7 Å². The fourth-order valence-electron chi connectivity index (χ4n) is 1.61. The molecule has 0 radical (unpaired) electrons. The molecule has 20 heavy (non-hydrogen) atoms. The van der Waals surface area contributed by atoms with Crippen LogP contribution >= 0.6 is 0 Å². The highest BCUT2D eigenvalue weighted by atomic mass is 19.1. The van der Waals surface area contributed by atoms with Crippen molar-refractivity contribution in [2.75, 3.05) is 6.61 Å². The van der Waals surface area contributed by atoms with E-state index >= 15 is 0 Å². The van der Waals surface area contributed by atoms with Crippen molar-refractivity contribution < 1.29 is 14.3 Å². The lowest BCUT2D eigenvalue weighted by atomic mass is 10.1. The van der Waals surface area contributed by atoms with Gasteiger partial charge in [0, 0.05) is 18.0 Å². The molecule has 0 aliphatic rings. The van der Waals surface area contributed by atoms with Gasteiger partial charge in [-0.25, -0.2) is 9.37 Å². The van der Waals surface area contributed by atoms with E-state index in [9.17, 15) is 9.18 Å². The number of aliphatic hydroxyl groups excluding tert-OH is 1. The van der Waals surface area contributed by atoms with E-state index < -0.39 is 5.82 Å². The molecule has 102 valence electrons. The molecular weight excluding hydrogens is 261 g/mol.